The molecule has 2 rings (SSSR count). The topological polar surface area (TPSA) is 91.3 Å². The van der Waals surface area contributed by atoms with Crippen molar-refractivity contribution in [1.82, 2.24) is 5.43 Å². The number of benzene rings is 1. The van der Waals surface area contributed by atoms with Gasteiger partial charge < -0.3 is 5.73 Å². The second kappa shape index (κ2) is 6.79. The van der Waals surface area contributed by atoms with E-state index in [0.29, 0.717) is 36.6 Å². The molecule has 0 spiro atoms. The highest BCUT2D eigenvalue weighted by molar-refractivity contribution is 7.18. The summed E-state index contributed by atoms with van der Waals surface area (Å²) in [5.74, 6) is -0.433. The summed E-state index contributed by atoms with van der Waals surface area (Å²) >= 11 is 12.8. The zero-order valence-corrected chi connectivity index (χ0v) is 13.7. The number of hydrogen-bond donors (Lipinski definition) is 2. The van der Waals surface area contributed by atoms with Gasteiger partial charge in [0.15, 0.2) is 0 Å². The Balaban J connectivity index is 2.13. The lowest BCUT2D eigenvalue weighted by molar-refractivity contribution is 0.0958. The lowest BCUT2D eigenvalue weighted by Crippen LogP contribution is -2.17. The summed E-state index contributed by atoms with van der Waals surface area (Å²) in [6.07, 6.45) is 1.41. The van der Waals surface area contributed by atoms with Crippen LogP contribution in [-0.4, -0.2) is 12.1 Å². The van der Waals surface area contributed by atoms with Crippen LogP contribution in [0.4, 0.5) is 5.00 Å². The molecule has 112 valence electrons. The zero-order chi connectivity index (χ0) is 16.3. The average molecular weight is 353 g/mol. The summed E-state index contributed by atoms with van der Waals surface area (Å²) in [5.41, 5.74) is 9.55. The zero-order valence-electron chi connectivity index (χ0n) is 11.4. The Morgan fingerprint density at radius 1 is 1.50 bits per heavy atom. The van der Waals surface area contributed by atoms with Gasteiger partial charge in [-0.05, 0) is 24.6 Å². The maximum Gasteiger partial charge on any atom is 0.281 e. The molecule has 1 aromatic heterocycles. The minimum Gasteiger partial charge on any atom is -0.389 e. The molecular weight excluding hydrogens is 343 g/mol. The Labute approximate surface area is 141 Å². The van der Waals surface area contributed by atoms with E-state index in [1.807, 2.05) is 6.07 Å². The van der Waals surface area contributed by atoms with Crippen LogP contribution in [0.1, 0.15) is 26.4 Å². The molecule has 3 N–H and O–H groups in total. The molecule has 0 radical (unpaired) electrons. The largest absolute Gasteiger partial charge is 0.389 e. The maximum absolute atomic E-state index is 12.0. The average Bonchev–Trinajstić information content (AvgIpc) is 2.75. The molecule has 1 aromatic carbocycles. The first-order chi connectivity index (χ1) is 10.4. The van der Waals surface area contributed by atoms with Gasteiger partial charge in [-0.15, -0.1) is 11.3 Å². The first-order valence-electron chi connectivity index (χ1n) is 6.01. The SMILES string of the molecule is Cc1c(C(=O)NN=Cc2ccc(Cl)cc2Cl)sc(N)c1C#N. The number of hydrogen-bond acceptors (Lipinski definition) is 5. The normalized spacial score (nSPS) is 10.6. The van der Waals surface area contributed by atoms with Crippen LogP contribution in [0.25, 0.3) is 0 Å². The van der Waals surface area contributed by atoms with Crippen molar-refractivity contribution in [3.8, 4) is 6.07 Å². The van der Waals surface area contributed by atoms with Crippen LogP contribution >= 0.6 is 34.5 Å². The smallest absolute Gasteiger partial charge is 0.281 e. The van der Waals surface area contributed by atoms with E-state index in [0.717, 1.165) is 11.3 Å². The molecule has 22 heavy (non-hydrogen) atoms. The standard InChI is InChI=1S/C14H10Cl2N4OS/c1-7-10(5-17)13(18)22-12(7)14(21)20-19-6-8-2-3-9(15)4-11(8)16/h2-4,6H,18H2,1H3,(H,20,21). The van der Waals surface area contributed by atoms with Crippen LogP contribution in [0.5, 0.6) is 0 Å². The number of amides is 1. The predicted molar refractivity (Wildman–Crippen MR) is 89.7 cm³/mol. The van der Waals surface area contributed by atoms with Crippen molar-refractivity contribution in [2.45, 2.75) is 6.92 Å². The van der Waals surface area contributed by atoms with E-state index in [1.54, 1.807) is 25.1 Å². The molecule has 8 heteroatoms. The van der Waals surface area contributed by atoms with Gasteiger partial charge in [0, 0.05) is 10.6 Å². The molecule has 5 nitrogen and oxygen atoms in total. The number of halogens is 2. The molecule has 0 aliphatic carbocycles. The molecule has 0 fully saturated rings. The van der Waals surface area contributed by atoms with Crippen molar-refractivity contribution >= 4 is 51.7 Å². The first kappa shape index (κ1) is 16.3. The fraction of sp³-hybridized carbons (Fsp3) is 0.0714. The molecule has 0 bridgehead atoms. The van der Waals surface area contributed by atoms with E-state index in [-0.39, 0.29) is 0 Å². The van der Waals surface area contributed by atoms with Gasteiger partial charge in [-0.25, -0.2) is 5.43 Å². The Bertz CT molecular complexity index is 808. The second-order valence-electron chi connectivity index (χ2n) is 4.27. The molecule has 2 aromatic rings. The second-order valence-corrected chi connectivity index (χ2v) is 6.17. The fourth-order valence-corrected chi connectivity index (χ4v) is 3.08. The van der Waals surface area contributed by atoms with Gasteiger partial charge in [-0.3, -0.25) is 4.79 Å². The number of nitriles is 1. The Morgan fingerprint density at radius 2 is 2.23 bits per heavy atom. The van der Waals surface area contributed by atoms with Crippen molar-refractivity contribution < 1.29 is 4.79 Å². The van der Waals surface area contributed by atoms with E-state index in [4.69, 9.17) is 34.2 Å². The van der Waals surface area contributed by atoms with Gasteiger partial charge >= 0.3 is 0 Å². The molecule has 1 heterocycles. The van der Waals surface area contributed by atoms with Crippen molar-refractivity contribution in [2.24, 2.45) is 5.10 Å². The molecule has 0 aliphatic rings. The summed E-state index contributed by atoms with van der Waals surface area (Å²) in [6, 6.07) is 6.90. The number of nitrogens with two attached hydrogens (primary N) is 1. The Kier molecular flexibility index (Phi) is 5.03. The number of thiophene rings is 1. The maximum atomic E-state index is 12.0. The highest BCUT2D eigenvalue weighted by Gasteiger charge is 2.18. The van der Waals surface area contributed by atoms with Gasteiger partial charge in [-0.2, -0.15) is 10.4 Å². The van der Waals surface area contributed by atoms with E-state index < -0.39 is 5.91 Å². The number of nitrogen functional groups attached to an aromatic ring is 1. The van der Waals surface area contributed by atoms with Crippen molar-refractivity contribution in [2.75, 3.05) is 5.73 Å². The van der Waals surface area contributed by atoms with Gasteiger partial charge in [0.05, 0.1) is 16.8 Å². The monoisotopic (exact) mass is 352 g/mol. The number of hydrazone groups is 1. The lowest BCUT2D eigenvalue weighted by atomic mass is 10.2. The molecule has 0 atom stereocenters. The van der Waals surface area contributed by atoms with Crippen molar-refractivity contribution in [3.05, 3.63) is 49.8 Å². The summed E-state index contributed by atoms with van der Waals surface area (Å²) in [6.45, 7) is 1.67. The fourth-order valence-electron chi connectivity index (χ4n) is 1.71. The molecule has 0 saturated carbocycles. The third-order valence-electron chi connectivity index (χ3n) is 2.82. The molecular formula is C14H10Cl2N4OS. The molecule has 0 aliphatic heterocycles. The quantitative estimate of drug-likeness (QED) is 0.653. The van der Waals surface area contributed by atoms with Gasteiger partial charge in [0.2, 0.25) is 0 Å². The summed E-state index contributed by atoms with van der Waals surface area (Å²) < 4.78 is 0. The van der Waals surface area contributed by atoms with E-state index in [1.165, 1.54) is 6.21 Å². The molecule has 0 unspecified atom stereocenters. The first-order valence-corrected chi connectivity index (χ1v) is 7.58. The summed E-state index contributed by atoms with van der Waals surface area (Å²) in [7, 11) is 0. The van der Waals surface area contributed by atoms with E-state index in [9.17, 15) is 4.79 Å². The minimum absolute atomic E-state index is 0.315. The van der Waals surface area contributed by atoms with Crippen LogP contribution in [-0.2, 0) is 0 Å². The van der Waals surface area contributed by atoms with E-state index >= 15 is 0 Å². The lowest BCUT2D eigenvalue weighted by Gasteiger charge is -2.00. The Morgan fingerprint density at radius 3 is 2.82 bits per heavy atom. The summed E-state index contributed by atoms with van der Waals surface area (Å²) in [5, 5.41) is 14.1. The summed E-state index contributed by atoms with van der Waals surface area (Å²) in [4.78, 5) is 12.4. The highest BCUT2D eigenvalue weighted by Crippen LogP contribution is 2.29. The van der Waals surface area contributed by atoms with Crippen molar-refractivity contribution in [3.63, 3.8) is 0 Å². The van der Waals surface area contributed by atoms with Crippen LogP contribution in [0, 0.1) is 18.3 Å². The van der Waals surface area contributed by atoms with E-state index in [2.05, 4.69) is 10.5 Å². The highest BCUT2D eigenvalue weighted by atomic mass is 35.5. The minimum atomic E-state index is -0.433. The molecule has 0 saturated heterocycles. The predicted octanol–water partition coefficient (Wildman–Crippen LogP) is 3.58. The third kappa shape index (κ3) is 3.39. The van der Waals surface area contributed by atoms with Crippen LogP contribution in [0.2, 0.25) is 10.0 Å². The molecule has 1 amide bonds. The third-order valence-corrected chi connectivity index (χ3v) is 4.51. The van der Waals surface area contributed by atoms with Crippen LogP contribution in [0.15, 0.2) is 23.3 Å². The van der Waals surface area contributed by atoms with Gasteiger partial charge in [-0.1, -0.05) is 29.3 Å². The van der Waals surface area contributed by atoms with Gasteiger partial charge in [0.25, 0.3) is 5.91 Å². The van der Waals surface area contributed by atoms with Crippen LogP contribution < -0.4 is 11.2 Å². The number of carbonyl (C=O) groups excluding carboxylic acids is 1. The van der Waals surface area contributed by atoms with Gasteiger partial charge in [0.1, 0.15) is 15.9 Å². The number of carbonyl (C=O) groups is 1. The number of anilines is 1. The number of nitrogens with one attached hydrogen (secondary N) is 1. The Hall–Kier alpha value is -2.07. The van der Waals surface area contributed by atoms with Crippen molar-refractivity contribution in [1.29, 1.82) is 5.26 Å². The number of rotatable bonds is 3. The van der Waals surface area contributed by atoms with Crippen LogP contribution in [0.3, 0.4) is 0 Å². The number of nitrogens with zero attached hydrogens (tertiary/aromatic N) is 2.